The van der Waals surface area contributed by atoms with Crippen LogP contribution < -0.4 is 10.2 Å². The van der Waals surface area contributed by atoms with Gasteiger partial charge in [-0.05, 0) is 26.7 Å². The van der Waals surface area contributed by atoms with Crippen molar-refractivity contribution in [2.45, 2.75) is 52.1 Å². The summed E-state index contributed by atoms with van der Waals surface area (Å²) in [5.74, 6) is 0. The zero-order chi connectivity index (χ0) is 13.3. The van der Waals surface area contributed by atoms with Crippen molar-refractivity contribution < 1.29 is 0 Å². The van der Waals surface area contributed by atoms with Crippen LogP contribution >= 0.6 is 0 Å². The van der Waals surface area contributed by atoms with Crippen molar-refractivity contribution in [3.8, 4) is 0 Å². The third kappa shape index (κ3) is 2.39. The molecule has 4 heteroatoms. The molecule has 2 rings (SSSR count). The Morgan fingerprint density at radius 3 is 2.72 bits per heavy atom. The smallest absolute Gasteiger partial charge is 0.0827 e. The maximum Gasteiger partial charge on any atom is 0.0827 e. The highest BCUT2D eigenvalue weighted by Gasteiger charge is 2.34. The lowest BCUT2D eigenvalue weighted by Gasteiger charge is -2.46. The molecular weight excluding hydrogens is 224 g/mol. The van der Waals surface area contributed by atoms with Crippen LogP contribution in [-0.2, 0) is 7.05 Å². The number of nitrogens with zero attached hydrogens (tertiary/aromatic N) is 3. The number of aromatic nitrogens is 2. The van der Waals surface area contributed by atoms with Crippen LogP contribution in [0.4, 0.5) is 5.69 Å². The molecule has 1 fully saturated rings. The van der Waals surface area contributed by atoms with Gasteiger partial charge in [0, 0.05) is 37.9 Å². The molecule has 1 N–H and O–H groups in total. The van der Waals surface area contributed by atoms with E-state index in [1.807, 2.05) is 11.7 Å². The Kier molecular flexibility index (Phi) is 3.66. The molecule has 0 radical (unpaired) electrons. The highest BCUT2D eigenvalue weighted by molar-refractivity contribution is 5.51. The molecule has 2 heterocycles. The zero-order valence-corrected chi connectivity index (χ0v) is 12.3. The van der Waals surface area contributed by atoms with E-state index in [0.717, 1.165) is 25.2 Å². The normalized spacial score (nSPS) is 28.7. The minimum atomic E-state index is 0.216. The number of nitrogens with one attached hydrogen (secondary N) is 1. The summed E-state index contributed by atoms with van der Waals surface area (Å²) >= 11 is 0. The monoisotopic (exact) mass is 250 g/mol. The van der Waals surface area contributed by atoms with Gasteiger partial charge in [-0.25, -0.2) is 0 Å². The molecule has 18 heavy (non-hydrogen) atoms. The van der Waals surface area contributed by atoms with E-state index in [2.05, 4.69) is 49.2 Å². The van der Waals surface area contributed by atoms with Crippen molar-refractivity contribution in [3.63, 3.8) is 0 Å². The Morgan fingerprint density at radius 1 is 1.50 bits per heavy atom. The third-order valence-corrected chi connectivity index (χ3v) is 4.27. The molecule has 1 aromatic rings. The van der Waals surface area contributed by atoms with Gasteiger partial charge in [0.15, 0.2) is 0 Å². The van der Waals surface area contributed by atoms with Gasteiger partial charge >= 0.3 is 0 Å². The second-order valence-electron chi connectivity index (χ2n) is 5.76. The van der Waals surface area contributed by atoms with Crippen molar-refractivity contribution in [1.82, 2.24) is 15.1 Å². The Hall–Kier alpha value is -1.03. The maximum atomic E-state index is 4.48. The first-order valence-corrected chi connectivity index (χ1v) is 7.01. The van der Waals surface area contributed by atoms with Crippen LogP contribution in [0.15, 0.2) is 6.20 Å². The first kappa shape index (κ1) is 13.4. The Labute approximate surface area is 110 Å². The summed E-state index contributed by atoms with van der Waals surface area (Å²) < 4.78 is 1.92. The maximum absolute atomic E-state index is 4.48. The van der Waals surface area contributed by atoms with Crippen molar-refractivity contribution in [2.24, 2.45) is 7.05 Å². The van der Waals surface area contributed by atoms with E-state index in [4.69, 9.17) is 0 Å². The molecule has 0 bridgehead atoms. The molecule has 0 aliphatic carbocycles. The summed E-state index contributed by atoms with van der Waals surface area (Å²) in [6, 6.07) is 0.576. The van der Waals surface area contributed by atoms with Gasteiger partial charge in [0.05, 0.1) is 11.4 Å². The quantitative estimate of drug-likeness (QED) is 0.891. The van der Waals surface area contributed by atoms with Gasteiger partial charge in [0.1, 0.15) is 0 Å². The van der Waals surface area contributed by atoms with Gasteiger partial charge in [-0.2, -0.15) is 5.10 Å². The number of rotatable bonds is 3. The van der Waals surface area contributed by atoms with E-state index >= 15 is 0 Å². The molecule has 1 aliphatic rings. The molecular formula is C14H26N4. The summed E-state index contributed by atoms with van der Waals surface area (Å²) in [7, 11) is 2.00. The number of hydrogen-bond acceptors (Lipinski definition) is 3. The lowest BCUT2D eigenvalue weighted by molar-refractivity contribution is 0.276. The van der Waals surface area contributed by atoms with Crippen molar-refractivity contribution in [2.75, 3.05) is 18.0 Å². The second-order valence-corrected chi connectivity index (χ2v) is 5.76. The van der Waals surface area contributed by atoms with Crippen molar-refractivity contribution >= 4 is 5.69 Å². The Bertz CT molecular complexity index is 412. The molecule has 1 aromatic heterocycles. The van der Waals surface area contributed by atoms with E-state index in [9.17, 15) is 0 Å². The highest BCUT2D eigenvalue weighted by Crippen LogP contribution is 2.28. The first-order chi connectivity index (χ1) is 8.49. The van der Waals surface area contributed by atoms with E-state index in [0.29, 0.717) is 6.04 Å². The number of piperazine rings is 1. The number of hydrogen-bond donors (Lipinski definition) is 1. The Morgan fingerprint density at radius 2 is 2.22 bits per heavy atom. The summed E-state index contributed by atoms with van der Waals surface area (Å²) in [6.45, 7) is 11.1. The minimum absolute atomic E-state index is 0.216. The van der Waals surface area contributed by atoms with Gasteiger partial charge in [-0.15, -0.1) is 0 Å². The van der Waals surface area contributed by atoms with E-state index < -0.39 is 0 Å². The van der Waals surface area contributed by atoms with Crippen molar-refractivity contribution in [1.29, 1.82) is 0 Å². The fourth-order valence-corrected chi connectivity index (χ4v) is 2.79. The van der Waals surface area contributed by atoms with Gasteiger partial charge in [-0.1, -0.05) is 13.8 Å². The van der Waals surface area contributed by atoms with E-state index in [1.54, 1.807) is 0 Å². The van der Waals surface area contributed by atoms with E-state index in [-0.39, 0.29) is 5.54 Å². The first-order valence-electron chi connectivity index (χ1n) is 7.01. The third-order valence-electron chi connectivity index (χ3n) is 4.27. The fourth-order valence-electron chi connectivity index (χ4n) is 2.79. The van der Waals surface area contributed by atoms with Crippen LogP contribution in [-0.4, -0.2) is 34.5 Å². The largest absolute Gasteiger partial charge is 0.363 e. The van der Waals surface area contributed by atoms with Crippen LogP contribution in [0.5, 0.6) is 0 Å². The molecule has 1 saturated heterocycles. The highest BCUT2D eigenvalue weighted by atomic mass is 15.3. The van der Waals surface area contributed by atoms with Crippen LogP contribution in [0.25, 0.3) is 0 Å². The molecule has 2 unspecified atom stereocenters. The molecule has 102 valence electrons. The van der Waals surface area contributed by atoms with E-state index in [1.165, 1.54) is 12.1 Å². The molecule has 4 nitrogen and oxygen atoms in total. The number of aryl methyl sites for hydroxylation is 2. The summed E-state index contributed by atoms with van der Waals surface area (Å²) in [5.41, 5.74) is 2.65. The summed E-state index contributed by atoms with van der Waals surface area (Å²) in [4.78, 5) is 2.54. The van der Waals surface area contributed by atoms with Crippen LogP contribution in [0, 0.1) is 6.92 Å². The average Bonchev–Trinajstić information content (AvgIpc) is 2.68. The average molecular weight is 250 g/mol. The number of anilines is 1. The van der Waals surface area contributed by atoms with Crippen molar-refractivity contribution in [3.05, 3.63) is 11.9 Å². The van der Waals surface area contributed by atoms with Gasteiger partial charge in [-0.3, -0.25) is 4.68 Å². The molecule has 0 aromatic carbocycles. The predicted octanol–water partition coefficient (Wildman–Crippen LogP) is 2.09. The van der Waals surface area contributed by atoms with Crippen LogP contribution in [0.3, 0.4) is 0 Å². The summed E-state index contributed by atoms with van der Waals surface area (Å²) in [5, 5.41) is 8.19. The Balaban J connectivity index is 2.29. The predicted molar refractivity (Wildman–Crippen MR) is 76.1 cm³/mol. The topological polar surface area (TPSA) is 33.1 Å². The van der Waals surface area contributed by atoms with Gasteiger partial charge < -0.3 is 10.2 Å². The lowest BCUT2D eigenvalue weighted by Crippen LogP contribution is -2.62. The van der Waals surface area contributed by atoms with Gasteiger partial charge in [0.25, 0.3) is 0 Å². The van der Waals surface area contributed by atoms with Gasteiger partial charge in [0.2, 0.25) is 0 Å². The SMILES string of the molecule is CCC1CNC(C)(CC)CN1c1cn(C)nc1C. The minimum Gasteiger partial charge on any atom is -0.363 e. The molecule has 2 atom stereocenters. The summed E-state index contributed by atoms with van der Waals surface area (Å²) in [6.07, 6.45) is 4.47. The molecule has 1 aliphatic heterocycles. The standard InChI is InChI=1S/C14H26N4/c1-6-12-8-15-14(4,7-2)10-18(12)13-9-17(5)16-11(13)3/h9,12,15H,6-8,10H2,1-5H3. The second kappa shape index (κ2) is 4.92. The molecule has 0 spiro atoms. The fraction of sp³-hybridized carbons (Fsp3) is 0.786. The zero-order valence-electron chi connectivity index (χ0n) is 12.3. The lowest BCUT2D eigenvalue weighted by atomic mass is 9.92. The van der Waals surface area contributed by atoms with Crippen LogP contribution in [0.2, 0.25) is 0 Å². The molecule has 0 amide bonds. The van der Waals surface area contributed by atoms with Crippen LogP contribution in [0.1, 0.15) is 39.3 Å². The molecule has 0 saturated carbocycles.